The molecule has 0 heterocycles. The smallest absolute Gasteiger partial charge is 0.0450 e. The molecule has 0 fully saturated rings. The van der Waals surface area contributed by atoms with Crippen LogP contribution in [-0.4, -0.2) is 19.1 Å². The second-order valence-corrected chi connectivity index (χ2v) is 2.84. The molecule has 0 aromatic carbocycles. The van der Waals surface area contributed by atoms with Crippen LogP contribution in [0.2, 0.25) is 0 Å². The van der Waals surface area contributed by atoms with Crippen molar-refractivity contribution < 1.29 is 0 Å². The fraction of sp³-hybridized carbons (Fsp3) is 0.714. The minimum absolute atomic E-state index is 0.0603. The maximum Gasteiger partial charge on any atom is 0.0450 e. The zero-order chi connectivity index (χ0) is 8.04. The van der Waals surface area contributed by atoms with Gasteiger partial charge in [0.15, 0.2) is 0 Å². The third kappa shape index (κ3) is 4.35. The molecule has 0 spiro atoms. The number of nitrogens with one attached hydrogen (secondary N) is 3. The average Bonchev–Trinajstić information content (AvgIpc) is 1.84. The van der Waals surface area contributed by atoms with E-state index in [-0.39, 0.29) is 5.54 Å². The van der Waals surface area contributed by atoms with E-state index in [1.54, 1.807) is 6.20 Å². The van der Waals surface area contributed by atoms with Gasteiger partial charge in [-0.25, -0.2) is 0 Å². The number of hydrogen-bond donors (Lipinski definition) is 3. The lowest BCUT2D eigenvalue weighted by Crippen LogP contribution is -2.48. The molecule has 0 unspecified atom stereocenters. The summed E-state index contributed by atoms with van der Waals surface area (Å²) in [7, 11) is 1.85. The lowest BCUT2D eigenvalue weighted by Gasteiger charge is -2.25. The minimum Gasteiger partial charge on any atom is -0.385 e. The molecule has 0 radical (unpaired) electrons. The summed E-state index contributed by atoms with van der Waals surface area (Å²) in [4.78, 5) is 0. The normalized spacial score (nSPS) is 11.1. The van der Waals surface area contributed by atoms with Crippen molar-refractivity contribution >= 4 is 0 Å². The second kappa shape index (κ2) is 4.30. The van der Waals surface area contributed by atoms with Gasteiger partial charge in [0, 0.05) is 12.1 Å². The Morgan fingerprint density at radius 1 is 1.50 bits per heavy atom. The molecule has 0 saturated carbocycles. The maximum atomic E-state index is 3.59. The summed E-state index contributed by atoms with van der Waals surface area (Å²) in [5, 5.41) is 3.12. The first-order chi connectivity index (χ1) is 4.62. The van der Waals surface area contributed by atoms with Gasteiger partial charge < -0.3 is 5.32 Å². The molecule has 0 rings (SSSR count). The quantitative estimate of drug-likeness (QED) is 0.482. The van der Waals surface area contributed by atoms with Crippen molar-refractivity contribution in [3.63, 3.8) is 0 Å². The summed E-state index contributed by atoms with van der Waals surface area (Å²) in [6, 6.07) is 0. The van der Waals surface area contributed by atoms with Crippen molar-refractivity contribution in [3.8, 4) is 0 Å². The maximum absolute atomic E-state index is 3.59. The van der Waals surface area contributed by atoms with E-state index >= 15 is 0 Å². The van der Waals surface area contributed by atoms with Gasteiger partial charge >= 0.3 is 0 Å². The predicted octanol–water partition coefficient (Wildman–Crippen LogP) is 0.222. The van der Waals surface area contributed by atoms with Crippen LogP contribution in [0.3, 0.4) is 0 Å². The van der Waals surface area contributed by atoms with E-state index < -0.39 is 0 Å². The summed E-state index contributed by atoms with van der Waals surface area (Å²) in [6.45, 7) is 8.64. The Kier molecular flexibility index (Phi) is 4.07. The summed E-state index contributed by atoms with van der Waals surface area (Å²) in [6.07, 6.45) is 1.71. The van der Waals surface area contributed by atoms with E-state index in [1.807, 2.05) is 7.05 Å². The Labute approximate surface area is 62.9 Å². The highest BCUT2D eigenvalue weighted by Gasteiger charge is 2.12. The van der Waals surface area contributed by atoms with Crippen LogP contribution in [0.25, 0.3) is 0 Å². The number of hydrogen-bond acceptors (Lipinski definition) is 3. The molecular weight excluding hydrogens is 126 g/mol. The Morgan fingerprint density at radius 3 is 2.50 bits per heavy atom. The summed E-state index contributed by atoms with van der Waals surface area (Å²) in [5.41, 5.74) is 5.93. The molecule has 3 N–H and O–H groups in total. The highest BCUT2D eigenvalue weighted by atomic mass is 15.3. The Bertz CT molecular complexity index is 99.0. The predicted molar refractivity (Wildman–Crippen MR) is 44.5 cm³/mol. The fourth-order valence-electron chi connectivity index (χ4n) is 0.637. The largest absolute Gasteiger partial charge is 0.385 e. The van der Waals surface area contributed by atoms with E-state index in [4.69, 9.17) is 0 Å². The Hall–Kier alpha value is -0.540. The van der Waals surface area contributed by atoms with Gasteiger partial charge in [-0.2, -0.15) is 0 Å². The molecule has 0 aliphatic heterocycles. The monoisotopic (exact) mass is 143 g/mol. The number of rotatable bonds is 5. The van der Waals surface area contributed by atoms with Crippen LogP contribution < -0.4 is 16.2 Å². The van der Waals surface area contributed by atoms with E-state index in [1.165, 1.54) is 0 Å². The molecule has 60 valence electrons. The Morgan fingerprint density at radius 2 is 2.10 bits per heavy atom. The van der Waals surface area contributed by atoms with Crippen LogP contribution in [0.5, 0.6) is 0 Å². The van der Waals surface area contributed by atoms with Crippen molar-refractivity contribution in [2.24, 2.45) is 0 Å². The minimum atomic E-state index is 0.0603. The molecule has 0 atom stereocenters. The molecule has 3 heteroatoms. The molecule has 0 amide bonds. The van der Waals surface area contributed by atoms with Crippen molar-refractivity contribution in [3.05, 3.63) is 12.8 Å². The lowest BCUT2D eigenvalue weighted by atomic mass is 10.1. The van der Waals surface area contributed by atoms with Crippen molar-refractivity contribution in [1.29, 1.82) is 0 Å². The summed E-state index contributed by atoms with van der Waals surface area (Å²) < 4.78 is 0. The molecule has 3 nitrogen and oxygen atoms in total. The van der Waals surface area contributed by atoms with Gasteiger partial charge in [0.25, 0.3) is 0 Å². The van der Waals surface area contributed by atoms with E-state index in [0.717, 1.165) is 6.54 Å². The molecule has 0 bridgehead atoms. The second-order valence-electron chi connectivity index (χ2n) is 2.84. The molecule has 10 heavy (non-hydrogen) atoms. The highest BCUT2D eigenvalue weighted by molar-refractivity contribution is 4.84. The molecule has 0 aliphatic carbocycles. The topological polar surface area (TPSA) is 36.1 Å². The summed E-state index contributed by atoms with van der Waals surface area (Å²) in [5.74, 6) is 0. The third-order valence-electron chi connectivity index (χ3n) is 1.20. The van der Waals surface area contributed by atoms with Gasteiger partial charge in [-0.05, 0) is 27.1 Å². The van der Waals surface area contributed by atoms with Crippen molar-refractivity contribution in [2.75, 3.05) is 13.6 Å². The Balaban J connectivity index is 3.51. The van der Waals surface area contributed by atoms with Crippen LogP contribution in [0.4, 0.5) is 0 Å². The zero-order valence-corrected chi connectivity index (χ0v) is 6.99. The molecular formula is C7H17N3. The van der Waals surface area contributed by atoms with Gasteiger partial charge in [-0.3, -0.25) is 10.9 Å². The van der Waals surface area contributed by atoms with Gasteiger partial charge in [0.1, 0.15) is 0 Å². The van der Waals surface area contributed by atoms with E-state index in [9.17, 15) is 0 Å². The van der Waals surface area contributed by atoms with Gasteiger partial charge in [-0.15, -0.1) is 0 Å². The first kappa shape index (κ1) is 9.46. The zero-order valence-electron chi connectivity index (χ0n) is 6.99. The van der Waals surface area contributed by atoms with Crippen LogP contribution in [0, 0.1) is 0 Å². The lowest BCUT2D eigenvalue weighted by molar-refractivity contribution is 0.389. The first-order valence-electron chi connectivity index (χ1n) is 3.40. The van der Waals surface area contributed by atoms with Gasteiger partial charge in [0.2, 0.25) is 0 Å². The highest BCUT2D eigenvalue weighted by Crippen LogP contribution is 1.97. The SMILES string of the molecule is C=CNC(C)(C)CNNC. The van der Waals surface area contributed by atoms with Crippen LogP contribution in [-0.2, 0) is 0 Å². The summed E-state index contributed by atoms with van der Waals surface area (Å²) >= 11 is 0. The molecule has 0 aromatic heterocycles. The van der Waals surface area contributed by atoms with Crippen LogP contribution in [0.15, 0.2) is 12.8 Å². The van der Waals surface area contributed by atoms with Gasteiger partial charge in [0.05, 0.1) is 0 Å². The molecule has 0 aliphatic rings. The van der Waals surface area contributed by atoms with E-state index in [0.29, 0.717) is 0 Å². The van der Waals surface area contributed by atoms with Crippen molar-refractivity contribution in [1.82, 2.24) is 16.2 Å². The van der Waals surface area contributed by atoms with Gasteiger partial charge in [-0.1, -0.05) is 6.58 Å². The molecule has 0 aromatic rings. The third-order valence-corrected chi connectivity index (χ3v) is 1.20. The van der Waals surface area contributed by atoms with Crippen LogP contribution in [0.1, 0.15) is 13.8 Å². The fourth-order valence-corrected chi connectivity index (χ4v) is 0.637. The van der Waals surface area contributed by atoms with Crippen LogP contribution >= 0.6 is 0 Å². The number of hydrazine groups is 1. The average molecular weight is 143 g/mol. The first-order valence-corrected chi connectivity index (χ1v) is 3.40. The molecule has 0 saturated heterocycles. The standard InChI is InChI=1S/C7H17N3/c1-5-9-7(2,3)6-10-8-4/h5,8-10H,1,6H2,2-4H3. The van der Waals surface area contributed by atoms with Crippen molar-refractivity contribution in [2.45, 2.75) is 19.4 Å². The van der Waals surface area contributed by atoms with E-state index in [2.05, 4.69) is 36.6 Å².